The van der Waals surface area contributed by atoms with E-state index in [2.05, 4.69) is 5.32 Å². The fourth-order valence-electron chi connectivity index (χ4n) is 3.92. The molecule has 8 nitrogen and oxygen atoms in total. The number of anilines is 1. The highest BCUT2D eigenvalue weighted by Gasteiger charge is 2.28. The number of aryl methyl sites for hydroxylation is 1. The zero-order chi connectivity index (χ0) is 24.6. The van der Waals surface area contributed by atoms with Crippen LogP contribution in [0.5, 0.6) is 11.5 Å². The number of carbonyl (C=O) groups excluding carboxylic acids is 1. The van der Waals surface area contributed by atoms with Crippen molar-refractivity contribution >= 4 is 21.6 Å². The van der Waals surface area contributed by atoms with Gasteiger partial charge >= 0.3 is 0 Å². The van der Waals surface area contributed by atoms with Gasteiger partial charge in [-0.15, -0.1) is 0 Å². The molecule has 1 aliphatic carbocycles. The van der Waals surface area contributed by atoms with Crippen LogP contribution in [0.25, 0.3) is 0 Å². The van der Waals surface area contributed by atoms with Crippen LogP contribution in [-0.4, -0.2) is 54.3 Å². The van der Waals surface area contributed by atoms with Gasteiger partial charge in [0.25, 0.3) is 10.0 Å². The van der Waals surface area contributed by atoms with Crippen molar-refractivity contribution < 1.29 is 27.4 Å². The Labute approximate surface area is 202 Å². The monoisotopic (exact) mass is 490 g/mol. The van der Waals surface area contributed by atoms with E-state index in [1.807, 2.05) is 19.1 Å². The van der Waals surface area contributed by atoms with Crippen molar-refractivity contribution in [1.82, 2.24) is 5.32 Å². The zero-order valence-electron chi connectivity index (χ0n) is 20.1. The normalized spacial score (nSPS) is 14.1. The van der Waals surface area contributed by atoms with Gasteiger partial charge in [-0.2, -0.15) is 0 Å². The Morgan fingerprint density at radius 2 is 1.71 bits per heavy atom. The van der Waals surface area contributed by atoms with Crippen molar-refractivity contribution in [1.29, 1.82) is 0 Å². The standard InChI is InChI=1S/C25H34N2O6S/c1-19-9-11-20(12-10-19)27(18-25(28)26-15-6-16-33-21-7-4-5-8-21)34(29,30)22-13-14-23(31-2)24(17-22)32-3/h9-14,17,21H,4-8,15-16,18H2,1-3H3,(H,26,28). The van der Waals surface area contributed by atoms with Crippen LogP contribution in [0.4, 0.5) is 5.69 Å². The van der Waals surface area contributed by atoms with Gasteiger partial charge in [0, 0.05) is 19.2 Å². The van der Waals surface area contributed by atoms with Crippen LogP contribution < -0.4 is 19.1 Å². The molecule has 2 aromatic rings. The molecule has 0 aliphatic heterocycles. The third-order valence-corrected chi connectivity index (χ3v) is 7.62. The molecule has 186 valence electrons. The topological polar surface area (TPSA) is 94.2 Å². The summed E-state index contributed by atoms with van der Waals surface area (Å²) >= 11 is 0. The second-order valence-corrected chi connectivity index (χ2v) is 10.2. The minimum Gasteiger partial charge on any atom is -0.493 e. The summed E-state index contributed by atoms with van der Waals surface area (Å²) in [6.07, 6.45) is 5.64. The van der Waals surface area contributed by atoms with Gasteiger partial charge in [0.2, 0.25) is 5.91 Å². The van der Waals surface area contributed by atoms with E-state index in [1.165, 1.54) is 45.3 Å². The molecule has 1 N–H and O–H groups in total. The summed E-state index contributed by atoms with van der Waals surface area (Å²) in [5, 5.41) is 2.81. The summed E-state index contributed by atoms with van der Waals surface area (Å²) < 4.78 is 44.6. The molecule has 1 aliphatic rings. The van der Waals surface area contributed by atoms with E-state index in [9.17, 15) is 13.2 Å². The Morgan fingerprint density at radius 1 is 1.03 bits per heavy atom. The van der Waals surface area contributed by atoms with Gasteiger partial charge in [0.1, 0.15) is 6.54 Å². The van der Waals surface area contributed by atoms with Gasteiger partial charge in [-0.05, 0) is 50.5 Å². The van der Waals surface area contributed by atoms with E-state index in [0.717, 1.165) is 22.7 Å². The van der Waals surface area contributed by atoms with E-state index in [0.29, 0.717) is 42.9 Å². The molecule has 3 rings (SSSR count). The lowest BCUT2D eigenvalue weighted by Gasteiger charge is -2.24. The van der Waals surface area contributed by atoms with Crippen LogP contribution in [0.15, 0.2) is 47.4 Å². The molecule has 9 heteroatoms. The summed E-state index contributed by atoms with van der Waals surface area (Å²) in [5.41, 5.74) is 1.39. The van der Waals surface area contributed by atoms with Gasteiger partial charge in [-0.25, -0.2) is 8.42 Å². The van der Waals surface area contributed by atoms with Gasteiger partial charge in [0.05, 0.1) is 30.9 Å². The van der Waals surface area contributed by atoms with E-state index >= 15 is 0 Å². The van der Waals surface area contributed by atoms with Crippen molar-refractivity contribution in [2.24, 2.45) is 0 Å². The lowest BCUT2D eigenvalue weighted by atomic mass is 10.2. The van der Waals surface area contributed by atoms with Crippen LogP contribution in [0.3, 0.4) is 0 Å². The minimum absolute atomic E-state index is 0.00323. The van der Waals surface area contributed by atoms with Crippen LogP contribution in [0.1, 0.15) is 37.7 Å². The fourth-order valence-corrected chi connectivity index (χ4v) is 5.36. The largest absolute Gasteiger partial charge is 0.493 e. The number of methoxy groups -OCH3 is 2. The van der Waals surface area contributed by atoms with Crippen molar-refractivity contribution in [2.75, 3.05) is 38.2 Å². The van der Waals surface area contributed by atoms with Gasteiger partial charge in [0.15, 0.2) is 11.5 Å². The van der Waals surface area contributed by atoms with Crippen LogP contribution in [0.2, 0.25) is 0 Å². The Morgan fingerprint density at radius 3 is 2.35 bits per heavy atom. The maximum atomic E-state index is 13.6. The summed E-state index contributed by atoms with van der Waals surface area (Å²) in [6, 6.07) is 11.4. The van der Waals surface area contributed by atoms with Gasteiger partial charge < -0.3 is 19.5 Å². The molecule has 0 radical (unpaired) electrons. The van der Waals surface area contributed by atoms with E-state index in [-0.39, 0.29) is 17.3 Å². The number of carbonyl (C=O) groups is 1. The Hall–Kier alpha value is -2.78. The smallest absolute Gasteiger partial charge is 0.264 e. The Kier molecular flexibility index (Phi) is 9.18. The molecule has 2 aromatic carbocycles. The highest BCUT2D eigenvalue weighted by Crippen LogP contribution is 2.32. The second-order valence-electron chi connectivity index (χ2n) is 8.34. The maximum absolute atomic E-state index is 13.6. The first-order valence-corrected chi connectivity index (χ1v) is 13.0. The van der Waals surface area contributed by atoms with E-state index < -0.39 is 10.0 Å². The quantitative estimate of drug-likeness (QED) is 0.456. The number of benzene rings is 2. The number of rotatable bonds is 12. The molecule has 0 unspecified atom stereocenters. The SMILES string of the molecule is COc1ccc(S(=O)(=O)N(CC(=O)NCCCOC2CCCC2)c2ccc(C)cc2)cc1OC. The first-order chi connectivity index (χ1) is 16.3. The molecular formula is C25H34N2O6S. The number of amides is 1. The second kappa shape index (κ2) is 12.1. The molecular weight excluding hydrogens is 456 g/mol. The summed E-state index contributed by atoms with van der Waals surface area (Å²) in [4.78, 5) is 12.7. The first kappa shape index (κ1) is 25.8. The zero-order valence-corrected chi connectivity index (χ0v) is 20.9. The number of hydrogen-bond acceptors (Lipinski definition) is 6. The predicted octanol–water partition coefficient (Wildman–Crippen LogP) is 3.67. The molecule has 0 atom stereocenters. The Balaban J connectivity index is 1.72. The van der Waals surface area contributed by atoms with Crippen LogP contribution >= 0.6 is 0 Å². The number of sulfonamides is 1. The van der Waals surface area contributed by atoms with Gasteiger partial charge in [-0.1, -0.05) is 30.5 Å². The lowest BCUT2D eigenvalue weighted by Crippen LogP contribution is -2.41. The molecule has 0 bridgehead atoms. The molecule has 1 saturated carbocycles. The van der Waals surface area contributed by atoms with E-state index in [4.69, 9.17) is 14.2 Å². The maximum Gasteiger partial charge on any atom is 0.264 e. The van der Waals surface area contributed by atoms with Crippen molar-refractivity contribution in [3.63, 3.8) is 0 Å². The lowest BCUT2D eigenvalue weighted by molar-refractivity contribution is -0.119. The third-order valence-electron chi connectivity index (χ3n) is 5.85. The minimum atomic E-state index is -4.05. The summed E-state index contributed by atoms with van der Waals surface area (Å²) in [6.45, 7) is 2.57. The molecule has 1 amide bonds. The number of ether oxygens (including phenoxy) is 3. The summed E-state index contributed by atoms with van der Waals surface area (Å²) in [7, 11) is -1.13. The van der Waals surface area contributed by atoms with Crippen LogP contribution in [-0.2, 0) is 19.6 Å². The van der Waals surface area contributed by atoms with Crippen molar-refractivity contribution in [3.05, 3.63) is 48.0 Å². The number of nitrogens with zero attached hydrogens (tertiary/aromatic N) is 1. The average molecular weight is 491 g/mol. The van der Waals surface area contributed by atoms with E-state index in [1.54, 1.807) is 12.1 Å². The highest BCUT2D eigenvalue weighted by atomic mass is 32.2. The van der Waals surface area contributed by atoms with Crippen molar-refractivity contribution in [3.8, 4) is 11.5 Å². The Bertz CT molecular complexity index is 1050. The average Bonchev–Trinajstić information content (AvgIpc) is 3.36. The third kappa shape index (κ3) is 6.64. The molecule has 0 saturated heterocycles. The molecule has 0 spiro atoms. The molecule has 34 heavy (non-hydrogen) atoms. The van der Waals surface area contributed by atoms with Gasteiger partial charge in [-0.3, -0.25) is 9.10 Å². The predicted molar refractivity (Wildman–Crippen MR) is 131 cm³/mol. The van der Waals surface area contributed by atoms with Crippen LogP contribution in [0, 0.1) is 6.92 Å². The highest BCUT2D eigenvalue weighted by molar-refractivity contribution is 7.92. The molecule has 0 aromatic heterocycles. The van der Waals surface area contributed by atoms with Crippen molar-refractivity contribution in [2.45, 2.75) is 50.0 Å². The number of hydrogen-bond donors (Lipinski definition) is 1. The molecule has 0 heterocycles. The fraction of sp³-hybridized carbons (Fsp3) is 0.480. The molecule has 1 fully saturated rings. The summed E-state index contributed by atoms with van der Waals surface area (Å²) in [5.74, 6) is 0.325. The first-order valence-electron chi connectivity index (χ1n) is 11.5. The number of nitrogens with one attached hydrogen (secondary N) is 1.